The summed E-state index contributed by atoms with van der Waals surface area (Å²) in [7, 11) is -4.00. The minimum absolute atomic E-state index is 0.0947. The molecule has 0 atom stereocenters. The van der Waals surface area contributed by atoms with E-state index in [-0.39, 0.29) is 4.90 Å². The molecular weight excluding hydrogens is 284 g/mol. The Morgan fingerprint density at radius 3 is 2.35 bits per heavy atom. The molecule has 0 aliphatic heterocycles. The molecule has 2 rings (SSSR count). The lowest BCUT2D eigenvalue weighted by molar-refractivity contribution is -0.394. The summed E-state index contributed by atoms with van der Waals surface area (Å²) in [5.41, 5.74) is 1.94. The third kappa shape index (κ3) is 2.16. The summed E-state index contributed by atoms with van der Waals surface area (Å²) >= 11 is 0. The van der Waals surface area contributed by atoms with Crippen molar-refractivity contribution < 1.29 is 13.3 Å². The molecule has 8 nitrogen and oxygen atoms in total. The highest BCUT2D eigenvalue weighted by atomic mass is 32.2. The monoisotopic (exact) mass is 296 g/mol. The second-order valence-electron chi connectivity index (χ2n) is 4.33. The maximum atomic E-state index is 12.5. The van der Waals surface area contributed by atoms with Crippen LogP contribution in [0.15, 0.2) is 23.4 Å². The van der Waals surface area contributed by atoms with Gasteiger partial charge >= 0.3 is 5.95 Å². The van der Waals surface area contributed by atoms with Gasteiger partial charge in [0, 0.05) is 5.10 Å². The molecule has 0 aliphatic carbocycles. The molecule has 0 fully saturated rings. The van der Waals surface area contributed by atoms with E-state index in [0.29, 0.717) is 15.2 Å². The van der Waals surface area contributed by atoms with Crippen LogP contribution in [0, 0.1) is 30.9 Å². The van der Waals surface area contributed by atoms with Crippen molar-refractivity contribution in [2.75, 3.05) is 0 Å². The topological polar surface area (TPSA) is 108 Å². The Kier molecular flexibility index (Phi) is 3.30. The Balaban J connectivity index is 2.67. The van der Waals surface area contributed by atoms with Gasteiger partial charge in [-0.3, -0.25) is 0 Å². The zero-order chi connectivity index (χ0) is 15.1. The van der Waals surface area contributed by atoms with Crippen LogP contribution >= 0.6 is 0 Å². The largest absolute Gasteiger partial charge is 0.492 e. The highest BCUT2D eigenvalue weighted by Gasteiger charge is 2.28. The molecule has 9 heteroatoms. The van der Waals surface area contributed by atoms with Crippen LogP contribution in [0.2, 0.25) is 0 Å². The van der Waals surface area contributed by atoms with E-state index >= 15 is 0 Å². The standard InChI is InChI=1S/C11H12N4O4S/c1-7-4-5-8(2)10(9(7)3)20(18,19)14-6-12-11(13-14)15(16)17/h4-6H,1-3H3. The Morgan fingerprint density at radius 1 is 1.20 bits per heavy atom. The number of nitro groups is 1. The quantitative estimate of drug-likeness (QED) is 0.624. The number of aryl methyl sites for hydroxylation is 2. The van der Waals surface area contributed by atoms with Gasteiger partial charge in [-0.1, -0.05) is 16.2 Å². The third-order valence-corrected chi connectivity index (χ3v) is 4.81. The number of hydrogen-bond acceptors (Lipinski definition) is 6. The van der Waals surface area contributed by atoms with Gasteiger partial charge in [0.15, 0.2) is 0 Å². The lowest BCUT2D eigenvalue weighted by atomic mass is 10.1. The number of nitrogens with zero attached hydrogens (tertiary/aromatic N) is 4. The molecule has 0 N–H and O–H groups in total. The molecule has 2 aromatic rings. The molecule has 1 aromatic heterocycles. The highest BCUT2D eigenvalue weighted by molar-refractivity contribution is 7.90. The van der Waals surface area contributed by atoms with Gasteiger partial charge in [0.05, 0.1) is 4.90 Å². The first-order chi connectivity index (χ1) is 9.25. The molecule has 0 unspecified atom stereocenters. The Morgan fingerprint density at radius 2 is 1.80 bits per heavy atom. The van der Waals surface area contributed by atoms with Crippen molar-refractivity contribution in [3.8, 4) is 0 Å². The minimum Gasteiger partial charge on any atom is -0.390 e. The number of rotatable bonds is 3. The van der Waals surface area contributed by atoms with Gasteiger partial charge in [0.2, 0.25) is 6.33 Å². The molecule has 20 heavy (non-hydrogen) atoms. The molecular formula is C11H12N4O4S. The van der Waals surface area contributed by atoms with E-state index in [0.717, 1.165) is 11.9 Å². The fourth-order valence-corrected chi connectivity index (χ4v) is 3.42. The minimum atomic E-state index is -4.00. The van der Waals surface area contributed by atoms with Gasteiger partial charge in [0.1, 0.15) is 0 Å². The zero-order valence-corrected chi connectivity index (χ0v) is 11.9. The fourth-order valence-electron chi connectivity index (χ4n) is 1.86. The van der Waals surface area contributed by atoms with Crippen LogP contribution in [0.4, 0.5) is 5.95 Å². The maximum absolute atomic E-state index is 12.5. The molecule has 0 saturated heterocycles. The summed E-state index contributed by atoms with van der Waals surface area (Å²) in [6.07, 6.45) is 0.828. The first-order valence-corrected chi connectivity index (χ1v) is 7.07. The van der Waals surface area contributed by atoms with Gasteiger partial charge in [-0.05, 0) is 47.4 Å². The van der Waals surface area contributed by atoms with Crippen LogP contribution in [-0.2, 0) is 10.0 Å². The second-order valence-corrected chi connectivity index (χ2v) is 6.07. The van der Waals surface area contributed by atoms with E-state index in [1.165, 1.54) is 0 Å². The average molecular weight is 296 g/mol. The number of hydrogen-bond donors (Lipinski definition) is 0. The highest BCUT2D eigenvalue weighted by Crippen LogP contribution is 2.24. The second kappa shape index (κ2) is 4.67. The van der Waals surface area contributed by atoms with Crippen molar-refractivity contribution in [1.82, 2.24) is 14.2 Å². The van der Waals surface area contributed by atoms with E-state index in [1.54, 1.807) is 26.8 Å². The van der Waals surface area contributed by atoms with Crippen LogP contribution in [0.3, 0.4) is 0 Å². The lowest BCUT2D eigenvalue weighted by Crippen LogP contribution is -2.17. The summed E-state index contributed by atoms with van der Waals surface area (Å²) in [6, 6.07) is 3.49. The van der Waals surface area contributed by atoms with Crippen LogP contribution < -0.4 is 0 Å². The Labute approximate surface area is 115 Å². The zero-order valence-electron chi connectivity index (χ0n) is 11.1. The van der Waals surface area contributed by atoms with Crippen molar-refractivity contribution in [2.45, 2.75) is 25.7 Å². The summed E-state index contributed by atoms with van der Waals surface area (Å²) in [5, 5.41) is 13.9. The molecule has 0 amide bonds. The van der Waals surface area contributed by atoms with E-state index in [9.17, 15) is 18.5 Å². The number of benzene rings is 1. The van der Waals surface area contributed by atoms with Crippen molar-refractivity contribution in [3.05, 3.63) is 45.3 Å². The normalized spacial score (nSPS) is 11.6. The van der Waals surface area contributed by atoms with Crippen molar-refractivity contribution >= 4 is 16.0 Å². The summed E-state index contributed by atoms with van der Waals surface area (Å²) in [6.45, 7) is 5.13. The van der Waals surface area contributed by atoms with Crippen molar-refractivity contribution in [3.63, 3.8) is 0 Å². The Hall–Kier alpha value is -2.29. The smallest absolute Gasteiger partial charge is 0.390 e. The number of aromatic nitrogens is 3. The van der Waals surface area contributed by atoms with Gasteiger partial charge in [-0.15, -0.1) is 0 Å². The molecule has 1 heterocycles. The van der Waals surface area contributed by atoms with E-state index < -0.39 is 20.9 Å². The SMILES string of the molecule is Cc1ccc(C)c(S(=O)(=O)n2cnc([N+](=O)[O-])n2)c1C. The van der Waals surface area contributed by atoms with E-state index in [4.69, 9.17) is 0 Å². The van der Waals surface area contributed by atoms with Crippen molar-refractivity contribution in [2.24, 2.45) is 0 Å². The molecule has 0 saturated carbocycles. The molecule has 106 valence electrons. The van der Waals surface area contributed by atoms with Crippen LogP contribution in [0.5, 0.6) is 0 Å². The summed E-state index contributed by atoms with van der Waals surface area (Å²) in [4.78, 5) is 13.2. The van der Waals surface area contributed by atoms with Gasteiger partial charge < -0.3 is 10.1 Å². The van der Waals surface area contributed by atoms with Gasteiger partial charge in [0.25, 0.3) is 10.0 Å². The van der Waals surface area contributed by atoms with Crippen LogP contribution in [0.1, 0.15) is 16.7 Å². The average Bonchev–Trinajstić information content (AvgIpc) is 2.84. The molecule has 0 bridgehead atoms. The molecule has 0 aliphatic rings. The first-order valence-electron chi connectivity index (χ1n) is 5.63. The van der Waals surface area contributed by atoms with Gasteiger partial charge in [-0.25, -0.2) is 0 Å². The third-order valence-electron chi connectivity index (χ3n) is 3.00. The first kappa shape index (κ1) is 14.1. The van der Waals surface area contributed by atoms with Gasteiger partial charge in [-0.2, -0.15) is 8.42 Å². The summed E-state index contributed by atoms with van der Waals surface area (Å²) < 4.78 is 25.5. The maximum Gasteiger partial charge on any atom is 0.492 e. The van der Waals surface area contributed by atoms with E-state index in [1.807, 2.05) is 6.07 Å². The molecule has 1 aromatic carbocycles. The fraction of sp³-hybridized carbons (Fsp3) is 0.273. The predicted molar refractivity (Wildman–Crippen MR) is 69.9 cm³/mol. The molecule has 0 radical (unpaired) electrons. The van der Waals surface area contributed by atoms with Crippen LogP contribution in [0.25, 0.3) is 0 Å². The summed E-state index contributed by atoms with van der Waals surface area (Å²) in [5.74, 6) is -0.753. The Bertz CT molecular complexity index is 795. The lowest BCUT2D eigenvalue weighted by Gasteiger charge is -2.10. The van der Waals surface area contributed by atoms with Crippen molar-refractivity contribution in [1.29, 1.82) is 0 Å². The molecule has 0 spiro atoms. The van der Waals surface area contributed by atoms with E-state index in [2.05, 4.69) is 10.1 Å². The van der Waals surface area contributed by atoms with Crippen LogP contribution in [-0.4, -0.2) is 27.5 Å². The predicted octanol–water partition coefficient (Wildman–Crippen LogP) is 1.35.